The number of nitrogens with zero attached hydrogens (tertiary/aromatic N) is 2. The molecule has 168 valence electrons. The highest BCUT2D eigenvalue weighted by Crippen LogP contribution is 2.45. The molecule has 5 atom stereocenters. The molecule has 1 fully saturated rings. The molecule has 2 aromatic carbocycles. The smallest absolute Gasteiger partial charge is 0.338 e. The van der Waals surface area contributed by atoms with Crippen LogP contribution in [0.4, 0.5) is 4.39 Å². The van der Waals surface area contributed by atoms with Crippen molar-refractivity contribution in [2.24, 2.45) is 4.99 Å². The van der Waals surface area contributed by atoms with E-state index in [1.165, 1.54) is 18.9 Å². The summed E-state index contributed by atoms with van der Waals surface area (Å²) in [6.45, 7) is 0. The van der Waals surface area contributed by atoms with Crippen molar-refractivity contribution in [1.82, 2.24) is 4.90 Å². The Balaban J connectivity index is 1.72. The molecule has 0 spiro atoms. The van der Waals surface area contributed by atoms with Crippen molar-refractivity contribution in [2.45, 2.75) is 29.9 Å². The van der Waals surface area contributed by atoms with E-state index in [-0.39, 0.29) is 5.56 Å². The van der Waals surface area contributed by atoms with Crippen LogP contribution in [0.5, 0.6) is 0 Å². The van der Waals surface area contributed by atoms with Crippen LogP contribution in [0.15, 0.2) is 59.6 Å². The number of halogens is 1. The fourth-order valence-electron chi connectivity index (χ4n) is 3.71. The molecule has 0 unspecified atom stereocenters. The second-order valence-electron chi connectivity index (χ2n) is 7.60. The molecule has 9 heteroatoms. The molecule has 0 saturated carbocycles. The maximum atomic E-state index is 15.9. The van der Waals surface area contributed by atoms with Gasteiger partial charge in [0.25, 0.3) is 0 Å². The Labute approximate surface area is 189 Å². The zero-order valence-corrected chi connectivity index (χ0v) is 18.6. The number of rotatable bonds is 4. The van der Waals surface area contributed by atoms with Crippen molar-refractivity contribution in [3.63, 3.8) is 0 Å². The summed E-state index contributed by atoms with van der Waals surface area (Å²) >= 11 is 1.30. The van der Waals surface area contributed by atoms with Gasteiger partial charge in [0, 0.05) is 14.1 Å². The second-order valence-corrected chi connectivity index (χ2v) is 8.66. The molecule has 0 radical (unpaired) electrons. The Bertz CT molecular complexity index is 1030. The van der Waals surface area contributed by atoms with Crippen molar-refractivity contribution in [1.29, 1.82) is 0 Å². The number of aliphatic imine (C=N–C) groups is 1. The Hall–Kier alpha value is -2.91. The first-order chi connectivity index (χ1) is 15.4. The minimum Gasteiger partial charge on any atom is -0.465 e. The molecular weight excluding hydrogens is 435 g/mol. The predicted molar refractivity (Wildman–Crippen MR) is 118 cm³/mol. The van der Waals surface area contributed by atoms with Gasteiger partial charge in [0.1, 0.15) is 17.6 Å². The fraction of sp³-hybridized carbons (Fsp3) is 0.348. The number of carbonyl (C=O) groups excluding carboxylic acids is 2. The number of benzene rings is 2. The maximum absolute atomic E-state index is 15.9. The molecule has 0 amide bonds. The van der Waals surface area contributed by atoms with Crippen LogP contribution in [0.25, 0.3) is 0 Å². The zero-order chi connectivity index (χ0) is 22.8. The van der Waals surface area contributed by atoms with E-state index in [2.05, 4.69) is 4.99 Å². The summed E-state index contributed by atoms with van der Waals surface area (Å²) < 4.78 is 32.6. The molecule has 2 aromatic rings. The average molecular weight is 459 g/mol. The summed E-state index contributed by atoms with van der Waals surface area (Å²) in [6.07, 6.45) is -3.96. The summed E-state index contributed by atoms with van der Waals surface area (Å²) in [5.41, 5.74) is 0.290. The molecule has 0 bridgehead atoms. The van der Waals surface area contributed by atoms with Gasteiger partial charge in [-0.3, -0.25) is 4.99 Å². The number of hydrogen-bond donors (Lipinski definition) is 0. The van der Waals surface area contributed by atoms with Gasteiger partial charge in [-0.1, -0.05) is 48.2 Å². The van der Waals surface area contributed by atoms with Crippen molar-refractivity contribution in [3.05, 3.63) is 71.3 Å². The quantitative estimate of drug-likeness (QED) is 0.650. The highest BCUT2D eigenvalue weighted by atomic mass is 32.2. The van der Waals surface area contributed by atoms with Gasteiger partial charge >= 0.3 is 11.9 Å². The molecule has 4 rings (SSSR count). The molecule has 0 aromatic heterocycles. The Morgan fingerprint density at radius 3 is 2.44 bits per heavy atom. The Kier molecular flexibility index (Phi) is 6.48. The van der Waals surface area contributed by atoms with Crippen LogP contribution in [0, 0.1) is 0 Å². The summed E-state index contributed by atoms with van der Waals surface area (Å²) in [7, 11) is 4.90. The largest absolute Gasteiger partial charge is 0.465 e. The maximum Gasteiger partial charge on any atom is 0.338 e. The number of methoxy groups -OCH3 is 1. The van der Waals surface area contributed by atoms with E-state index < -0.39 is 41.8 Å². The Morgan fingerprint density at radius 1 is 1.06 bits per heavy atom. The predicted octanol–water partition coefficient (Wildman–Crippen LogP) is 3.47. The van der Waals surface area contributed by atoms with Crippen LogP contribution >= 0.6 is 11.8 Å². The van der Waals surface area contributed by atoms with Crippen LogP contribution in [-0.2, 0) is 14.2 Å². The lowest BCUT2D eigenvalue weighted by Crippen LogP contribution is -2.51. The SMILES string of the molecule is COC(=O)c1ccccc1[C@H]1O[C@@H]2SC(N(C)C)=N[C@@H]2[C@@H](F)[C@@H]1OC(=O)c1ccccc1. The number of fused-ring (bicyclic) bond motifs is 1. The summed E-state index contributed by atoms with van der Waals surface area (Å²) in [5, 5.41) is 0.623. The molecule has 0 aliphatic carbocycles. The monoisotopic (exact) mass is 458 g/mol. The first kappa shape index (κ1) is 22.3. The lowest BCUT2D eigenvalue weighted by atomic mass is 9.91. The van der Waals surface area contributed by atoms with Crippen LogP contribution in [0.3, 0.4) is 0 Å². The van der Waals surface area contributed by atoms with E-state index in [1.54, 1.807) is 59.5 Å². The highest BCUT2D eigenvalue weighted by Gasteiger charge is 2.53. The van der Waals surface area contributed by atoms with Crippen LogP contribution in [0.2, 0.25) is 0 Å². The van der Waals surface area contributed by atoms with Gasteiger partial charge in [0.05, 0.1) is 18.2 Å². The zero-order valence-electron chi connectivity index (χ0n) is 17.8. The normalized spacial score (nSPS) is 26.6. The van der Waals surface area contributed by atoms with Crippen molar-refractivity contribution < 1.29 is 28.2 Å². The van der Waals surface area contributed by atoms with Gasteiger partial charge in [-0.2, -0.15) is 0 Å². The number of carbonyl (C=O) groups is 2. The number of hydrogen-bond acceptors (Lipinski definition) is 8. The highest BCUT2D eigenvalue weighted by molar-refractivity contribution is 8.14. The molecule has 7 nitrogen and oxygen atoms in total. The standard InChI is InChI=1S/C23H23FN2O5S/c1-26(2)23-25-17-16(24)19(30-20(27)13-9-5-4-6-10-13)18(31-22(17)32-23)14-11-7-8-12-15(14)21(28)29-3/h4-12,16-19,22H,1-3H3/t16-,17-,18-,19+,22-/m1/s1. The minimum atomic E-state index is -1.64. The van der Waals surface area contributed by atoms with E-state index in [0.717, 1.165) is 0 Å². The molecule has 0 N–H and O–H groups in total. The van der Waals surface area contributed by atoms with E-state index >= 15 is 4.39 Å². The van der Waals surface area contributed by atoms with E-state index in [1.807, 2.05) is 14.1 Å². The van der Waals surface area contributed by atoms with E-state index in [9.17, 15) is 9.59 Å². The number of thioether (sulfide) groups is 1. The molecule has 2 aliphatic heterocycles. The molecule has 2 aliphatic rings. The van der Waals surface area contributed by atoms with Crippen molar-refractivity contribution in [3.8, 4) is 0 Å². The van der Waals surface area contributed by atoms with Gasteiger partial charge < -0.3 is 19.1 Å². The van der Waals surface area contributed by atoms with Gasteiger partial charge in [-0.15, -0.1) is 0 Å². The van der Waals surface area contributed by atoms with Crippen molar-refractivity contribution in [2.75, 3.05) is 21.2 Å². The first-order valence-electron chi connectivity index (χ1n) is 10.0. The summed E-state index contributed by atoms with van der Waals surface area (Å²) in [6, 6.07) is 14.1. The third-order valence-corrected chi connectivity index (χ3v) is 6.59. The van der Waals surface area contributed by atoms with Crippen LogP contribution in [0.1, 0.15) is 32.4 Å². The molecular formula is C23H23FN2O5S. The van der Waals surface area contributed by atoms with Crippen molar-refractivity contribution >= 4 is 28.9 Å². The third-order valence-electron chi connectivity index (χ3n) is 5.29. The fourth-order valence-corrected chi connectivity index (χ4v) is 4.84. The van der Waals surface area contributed by atoms with Gasteiger partial charge in [-0.05, 0) is 23.8 Å². The average Bonchev–Trinajstić information content (AvgIpc) is 3.26. The molecule has 32 heavy (non-hydrogen) atoms. The first-order valence-corrected chi connectivity index (χ1v) is 10.9. The van der Waals surface area contributed by atoms with Gasteiger partial charge in [-0.25, -0.2) is 14.0 Å². The summed E-state index contributed by atoms with van der Waals surface area (Å²) in [5.74, 6) is -1.26. The van der Waals surface area contributed by atoms with Gasteiger partial charge in [0.2, 0.25) is 0 Å². The summed E-state index contributed by atoms with van der Waals surface area (Å²) in [4.78, 5) is 31.4. The van der Waals surface area contributed by atoms with Crippen LogP contribution in [-0.4, -0.2) is 67.0 Å². The topological polar surface area (TPSA) is 77.4 Å². The van der Waals surface area contributed by atoms with Gasteiger partial charge in [0.15, 0.2) is 17.4 Å². The number of ether oxygens (including phenoxy) is 3. The minimum absolute atomic E-state index is 0.225. The van der Waals surface area contributed by atoms with E-state index in [0.29, 0.717) is 16.3 Å². The van der Waals surface area contributed by atoms with Crippen LogP contribution < -0.4 is 0 Å². The third kappa shape index (κ3) is 4.22. The molecule has 1 saturated heterocycles. The molecule has 2 heterocycles. The lowest BCUT2D eigenvalue weighted by molar-refractivity contribution is -0.138. The number of alkyl halides is 1. The number of amidine groups is 1. The lowest BCUT2D eigenvalue weighted by Gasteiger charge is -2.39. The Morgan fingerprint density at radius 2 is 1.75 bits per heavy atom. The van der Waals surface area contributed by atoms with E-state index in [4.69, 9.17) is 14.2 Å². The number of esters is 2. The second kappa shape index (κ2) is 9.30.